The Hall–Kier alpha value is -2.11. The van der Waals surface area contributed by atoms with E-state index >= 15 is 0 Å². The van der Waals surface area contributed by atoms with Gasteiger partial charge in [-0.25, -0.2) is 9.78 Å². The molecule has 13 heavy (non-hydrogen) atoms. The van der Waals surface area contributed by atoms with Gasteiger partial charge in [0.25, 0.3) is 5.56 Å². The molecule has 2 heterocycles. The van der Waals surface area contributed by atoms with Gasteiger partial charge in [0, 0.05) is 0 Å². The topological polar surface area (TPSA) is 98.8 Å². The van der Waals surface area contributed by atoms with Crippen LogP contribution in [-0.2, 0) is 0 Å². The van der Waals surface area contributed by atoms with Crippen molar-refractivity contribution in [2.75, 3.05) is 0 Å². The van der Waals surface area contributed by atoms with Gasteiger partial charge in [-0.3, -0.25) is 4.79 Å². The van der Waals surface area contributed by atoms with Crippen LogP contribution < -0.4 is 5.56 Å². The number of rotatable bonds is 1. The fraction of sp³-hybridized carbons (Fsp3) is 0. The Morgan fingerprint density at radius 2 is 2.23 bits per heavy atom. The molecule has 0 radical (unpaired) electrons. The summed E-state index contributed by atoms with van der Waals surface area (Å²) in [6, 6.07) is 1.33. The van der Waals surface area contributed by atoms with Crippen LogP contribution in [0.5, 0.6) is 0 Å². The first-order valence-electron chi connectivity index (χ1n) is 3.48. The highest BCUT2D eigenvalue weighted by atomic mass is 16.4. The van der Waals surface area contributed by atoms with Crippen LogP contribution in [0.25, 0.3) is 11.2 Å². The average Bonchev–Trinajstić information content (AvgIpc) is 2.46. The number of carboxylic acids is 1. The Bertz CT molecular complexity index is 525. The van der Waals surface area contributed by atoms with Crippen LogP contribution in [0.15, 0.2) is 17.1 Å². The number of carboxylic acid groups (broad SMARTS) is 1. The lowest BCUT2D eigenvalue weighted by atomic mass is 10.4. The van der Waals surface area contributed by atoms with Gasteiger partial charge in [0.15, 0.2) is 5.65 Å². The summed E-state index contributed by atoms with van der Waals surface area (Å²) in [5, 5.41) is 8.60. The van der Waals surface area contributed by atoms with Crippen molar-refractivity contribution in [2.24, 2.45) is 0 Å². The molecule has 0 fully saturated rings. The van der Waals surface area contributed by atoms with Gasteiger partial charge in [0.05, 0.1) is 11.7 Å². The van der Waals surface area contributed by atoms with Gasteiger partial charge in [-0.05, 0) is 6.07 Å². The molecule has 0 amide bonds. The number of H-pyrrole nitrogens is 2. The molecule has 2 aromatic rings. The molecule has 66 valence electrons. The maximum Gasteiger partial charge on any atom is 0.352 e. The second kappa shape index (κ2) is 2.44. The van der Waals surface area contributed by atoms with E-state index < -0.39 is 5.97 Å². The van der Waals surface area contributed by atoms with Crippen LogP contribution in [-0.4, -0.2) is 26.0 Å². The highest BCUT2D eigenvalue weighted by Gasteiger charge is 2.07. The molecule has 0 saturated heterocycles. The Balaban J connectivity index is 2.75. The van der Waals surface area contributed by atoms with Crippen molar-refractivity contribution < 1.29 is 9.90 Å². The number of aromatic amines is 2. The van der Waals surface area contributed by atoms with E-state index in [4.69, 9.17) is 5.11 Å². The number of aromatic carboxylic acids is 1. The fourth-order valence-electron chi connectivity index (χ4n) is 1.04. The van der Waals surface area contributed by atoms with E-state index in [-0.39, 0.29) is 11.3 Å². The first kappa shape index (κ1) is 7.53. The maximum absolute atomic E-state index is 10.8. The molecule has 3 N–H and O–H groups in total. The fourth-order valence-corrected chi connectivity index (χ4v) is 1.04. The van der Waals surface area contributed by atoms with E-state index in [1.54, 1.807) is 0 Å². The Labute approximate surface area is 71.2 Å². The summed E-state index contributed by atoms with van der Waals surface area (Å²) in [5.74, 6) is -1.08. The van der Waals surface area contributed by atoms with Crippen molar-refractivity contribution in [3.63, 3.8) is 0 Å². The summed E-state index contributed by atoms with van der Waals surface area (Å²) in [6.45, 7) is 0. The smallest absolute Gasteiger partial charge is 0.352 e. The Kier molecular flexibility index (Phi) is 1.42. The van der Waals surface area contributed by atoms with Crippen molar-refractivity contribution >= 4 is 17.1 Å². The lowest BCUT2D eigenvalue weighted by molar-refractivity contribution is 0.0691. The number of hydrogen-bond donors (Lipinski definition) is 3. The molecule has 6 heteroatoms. The molecule has 0 aliphatic rings. The molecule has 0 saturated carbocycles. The summed E-state index contributed by atoms with van der Waals surface area (Å²) in [7, 11) is 0. The minimum atomic E-state index is -1.08. The maximum atomic E-state index is 10.8. The molecule has 0 aromatic carbocycles. The first-order valence-corrected chi connectivity index (χ1v) is 3.48. The van der Waals surface area contributed by atoms with Gasteiger partial charge in [0.1, 0.15) is 5.69 Å². The molecule has 0 aliphatic heterocycles. The van der Waals surface area contributed by atoms with Crippen molar-refractivity contribution in [1.29, 1.82) is 0 Å². The molecule has 6 nitrogen and oxygen atoms in total. The van der Waals surface area contributed by atoms with Crippen LogP contribution in [0.4, 0.5) is 0 Å². The van der Waals surface area contributed by atoms with Gasteiger partial charge < -0.3 is 15.1 Å². The van der Waals surface area contributed by atoms with Crippen LogP contribution in [0, 0.1) is 0 Å². The molecular formula is C7H5N3O3. The number of aromatic nitrogens is 3. The van der Waals surface area contributed by atoms with Gasteiger partial charge in [-0.2, -0.15) is 0 Å². The zero-order valence-electron chi connectivity index (χ0n) is 6.37. The molecule has 0 unspecified atom stereocenters. The Morgan fingerprint density at radius 1 is 1.46 bits per heavy atom. The third kappa shape index (κ3) is 1.18. The third-order valence-electron chi connectivity index (χ3n) is 1.60. The zero-order chi connectivity index (χ0) is 9.42. The normalized spacial score (nSPS) is 10.5. The minimum absolute atomic E-state index is 0.00403. The molecule has 2 rings (SSSR count). The molecule has 0 atom stereocenters. The van der Waals surface area contributed by atoms with Gasteiger partial charge in [-0.1, -0.05) is 0 Å². The SMILES string of the molecule is O=C(O)c1cc2[nH]c(=O)cnc2[nH]1. The van der Waals surface area contributed by atoms with E-state index in [0.29, 0.717) is 11.2 Å². The largest absolute Gasteiger partial charge is 0.477 e. The average molecular weight is 179 g/mol. The highest BCUT2D eigenvalue weighted by Crippen LogP contribution is 2.07. The molecular weight excluding hydrogens is 174 g/mol. The van der Waals surface area contributed by atoms with Crippen molar-refractivity contribution in [2.45, 2.75) is 0 Å². The standard InChI is InChI=1S/C7H5N3O3/c11-5-2-8-6-3(9-5)1-4(10-6)7(12)13/h1-2H,(H,8,10)(H,9,11)(H,12,13). The van der Waals surface area contributed by atoms with Gasteiger partial charge in [-0.15, -0.1) is 0 Å². The first-order chi connectivity index (χ1) is 6.16. The van der Waals surface area contributed by atoms with Gasteiger partial charge in [0.2, 0.25) is 0 Å². The molecule has 0 spiro atoms. The minimum Gasteiger partial charge on any atom is -0.477 e. The summed E-state index contributed by atoms with van der Waals surface area (Å²) < 4.78 is 0. The van der Waals surface area contributed by atoms with Crippen LogP contribution >= 0.6 is 0 Å². The molecule has 0 aliphatic carbocycles. The van der Waals surface area contributed by atoms with Crippen LogP contribution in [0.2, 0.25) is 0 Å². The number of carbonyl (C=O) groups is 1. The number of nitrogens with one attached hydrogen (secondary N) is 2. The zero-order valence-corrected chi connectivity index (χ0v) is 6.37. The van der Waals surface area contributed by atoms with E-state index in [9.17, 15) is 9.59 Å². The van der Waals surface area contributed by atoms with Crippen molar-refractivity contribution in [1.82, 2.24) is 15.0 Å². The Morgan fingerprint density at radius 3 is 2.92 bits per heavy atom. The quantitative estimate of drug-likeness (QED) is 0.571. The monoisotopic (exact) mass is 179 g/mol. The molecule has 2 aromatic heterocycles. The summed E-state index contributed by atoms with van der Waals surface area (Å²) in [6.07, 6.45) is 1.09. The van der Waals surface area contributed by atoms with Crippen molar-refractivity contribution in [3.05, 3.63) is 28.3 Å². The summed E-state index contributed by atoms with van der Waals surface area (Å²) in [5.41, 5.74) is 0.398. The van der Waals surface area contributed by atoms with Gasteiger partial charge >= 0.3 is 5.97 Å². The second-order valence-electron chi connectivity index (χ2n) is 2.50. The summed E-state index contributed by atoms with van der Waals surface area (Å²) >= 11 is 0. The van der Waals surface area contributed by atoms with E-state index in [2.05, 4.69) is 15.0 Å². The number of hydrogen-bond acceptors (Lipinski definition) is 3. The van der Waals surface area contributed by atoms with Crippen LogP contribution in [0.1, 0.15) is 10.5 Å². The lowest BCUT2D eigenvalue weighted by Crippen LogP contribution is -2.03. The van der Waals surface area contributed by atoms with E-state index in [1.165, 1.54) is 6.07 Å². The number of nitrogens with zero attached hydrogens (tertiary/aromatic N) is 1. The van der Waals surface area contributed by atoms with E-state index in [1.807, 2.05) is 0 Å². The predicted octanol–water partition coefficient (Wildman–Crippen LogP) is -0.0506. The third-order valence-corrected chi connectivity index (χ3v) is 1.60. The van der Waals surface area contributed by atoms with E-state index in [0.717, 1.165) is 6.20 Å². The second-order valence-corrected chi connectivity index (χ2v) is 2.50. The van der Waals surface area contributed by atoms with Crippen molar-refractivity contribution in [3.8, 4) is 0 Å². The molecule has 0 bridgehead atoms. The lowest BCUT2D eigenvalue weighted by Gasteiger charge is -1.84. The highest BCUT2D eigenvalue weighted by molar-refractivity contribution is 5.91. The predicted molar refractivity (Wildman–Crippen MR) is 43.7 cm³/mol. The van der Waals surface area contributed by atoms with Crippen LogP contribution in [0.3, 0.4) is 0 Å². The number of fused-ring (bicyclic) bond motifs is 1. The summed E-state index contributed by atoms with van der Waals surface area (Å²) in [4.78, 5) is 30.0.